The average molecular weight is 271 g/mol. The van der Waals surface area contributed by atoms with Crippen LogP contribution < -0.4 is 10.1 Å². The topological polar surface area (TPSA) is 49.9 Å². The molecule has 0 bridgehead atoms. The standard InChI is InChI=1S/C16H21N3O/c1-13(6-7-15-11-17-12-19-15)18-9-8-14-4-3-5-16(10-14)20-2/h3-5,10-12,18H,1,6-9H2,2H3,(H,17,19). The monoisotopic (exact) mass is 271 g/mol. The SMILES string of the molecule is C=C(CCc1cnc[nH]1)NCCc1cccc(OC)c1. The van der Waals surface area contributed by atoms with E-state index in [0.717, 1.165) is 42.9 Å². The molecule has 0 atom stereocenters. The summed E-state index contributed by atoms with van der Waals surface area (Å²) in [7, 11) is 1.69. The molecular formula is C16H21N3O. The molecule has 0 radical (unpaired) electrons. The molecule has 4 heteroatoms. The number of hydrogen-bond acceptors (Lipinski definition) is 3. The predicted molar refractivity (Wildman–Crippen MR) is 80.7 cm³/mol. The minimum absolute atomic E-state index is 0.884. The summed E-state index contributed by atoms with van der Waals surface area (Å²) >= 11 is 0. The Morgan fingerprint density at radius 3 is 3.05 bits per heavy atom. The number of nitrogens with one attached hydrogen (secondary N) is 2. The largest absolute Gasteiger partial charge is 0.497 e. The molecule has 0 amide bonds. The van der Waals surface area contributed by atoms with Crippen LogP contribution in [0.1, 0.15) is 17.7 Å². The molecule has 0 aliphatic heterocycles. The third-order valence-electron chi connectivity index (χ3n) is 3.17. The van der Waals surface area contributed by atoms with Gasteiger partial charge < -0.3 is 15.0 Å². The molecule has 0 aliphatic carbocycles. The van der Waals surface area contributed by atoms with Crippen LogP contribution in [0.25, 0.3) is 0 Å². The number of nitrogens with zero attached hydrogens (tertiary/aromatic N) is 1. The van der Waals surface area contributed by atoms with Crippen molar-refractivity contribution < 1.29 is 4.74 Å². The first-order valence-electron chi connectivity index (χ1n) is 6.80. The Balaban J connectivity index is 1.68. The molecule has 2 aromatic rings. The summed E-state index contributed by atoms with van der Waals surface area (Å²) in [4.78, 5) is 7.09. The zero-order chi connectivity index (χ0) is 14.2. The maximum Gasteiger partial charge on any atom is 0.119 e. The Hall–Kier alpha value is -2.23. The van der Waals surface area contributed by atoms with E-state index in [1.54, 1.807) is 13.4 Å². The van der Waals surface area contributed by atoms with Crippen molar-refractivity contribution in [2.45, 2.75) is 19.3 Å². The highest BCUT2D eigenvalue weighted by Crippen LogP contribution is 2.12. The van der Waals surface area contributed by atoms with E-state index >= 15 is 0 Å². The molecule has 0 unspecified atom stereocenters. The number of imidazole rings is 1. The number of benzene rings is 1. The second-order valence-corrected chi connectivity index (χ2v) is 4.71. The maximum absolute atomic E-state index is 5.21. The first kappa shape index (κ1) is 14.2. The summed E-state index contributed by atoms with van der Waals surface area (Å²) in [6.45, 7) is 4.93. The van der Waals surface area contributed by atoms with Gasteiger partial charge >= 0.3 is 0 Å². The highest BCUT2D eigenvalue weighted by atomic mass is 16.5. The number of methoxy groups -OCH3 is 1. The maximum atomic E-state index is 5.21. The molecule has 2 N–H and O–H groups in total. The zero-order valence-electron chi connectivity index (χ0n) is 11.9. The van der Waals surface area contributed by atoms with Crippen LogP contribution in [0.2, 0.25) is 0 Å². The molecule has 0 aliphatic rings. The van der Waals surface area contributed by atoms with Crippen molar-refractivity contribution in [3.8, 4) is 5.75 Å². The zero-order valence-corrected chi connectivity index (χ0v) is 11.9. The van der Waals surface area contributed by atoms with E-state index < -0.39 is 0 Å². The Kier molecular flexibility index (Phi) is 5.24. The highest BCUT2D eigenvalue weighted by Gasteiger charge is 1.99. The molecule has 0 saturated carbocycles. The van der Waals surface area contributed by atoms with Gasteiger partial charge in [0.2, 0.25) is 0 Å². The molecule has 0 fully saturated rings. The number of hydrogen-bond donors (Lipinski definition) is 2. The van der Waals surface area contributed by atoms with Crippen molar-refractivity contribution in [2.75, 3.05) is 13.7 Å². The van der Waals surface area contributed by atoms with Crippen LogP contribution in [0, 0.1) is 0 Å². The van der Waals surface area contributed by atoms with Crippen molar-refractivity contribution >= 4 is 0 Å². The number of aryl methyl sites for hydroxylation is 1. The summed E-state index contributed by atoms with van der Waals surface area (Å²) in [5.74, 6) is 0.903. The molecule has 0 spiro atoms. The van der Waals surface area contributed by atoms with E-state index in [1.165, 1.54) is 5.56 Å². The van der Waals surface area contributed by atoms with E-state index in [2.05, 4.69) is 34.0 Å². The van der Waals surface area contributed by atoms with Gasteiger partial charge in [0.15, 0.2) is 0 Å². The summed E-state index contributed by atoms with van der Waals surface area (Å²) in [6.07, 6.45) is 6.36. The van der Waals surface area contributed by atoms with Gasteiger partial charge in [0.25, 0.3) is 0 Å². The fourth-order valence-electron chi connectivity index (χ4n) is 2.01. The molecule has 4 nitrogen and oxygen atoms in total. The van der Waals surface area contributed by atoms with Crippen LogP contribution in [0.15, 0.2) is 49.1 Å². The summed E-state index contributed by atoms with van der Waals surface area (Å²) < 4.78 is 5.21. The predicted octanol–water partition coefficient (Wildman–Crippen LogP) is 2.70. The second-order valence-electron chi connectivity index (χ2n) is 4.71. The molecule has 1 aromatic carbocycles. The van der Waals surface area contributed by atoms with Crippen molar-refractivity contribution in [3.05, 3.63) is 60.3 Å². The van der Waals surface area contributed by atoms with Gasteiger partial charge in [0.1, 0.15) is 5.75 Å². The molecule has 0 saturated heterocycles. The van der Waals surface area contributed by atoms with Crippen molar-refractivity contribution in [1.29, 1.82) is 0 Å². The van der Waals surface area contributed by atoms with Crippen LogP contribution >= 0.6 is 0 Å². The Morgan fingerprint density at radius 2 is 2.30 bits per heavy atom. The Labute approximate surface area is 119 Å². The van der Waals surface area contributed by atoms with Gasteiger partial charge in [-0.3, -0.25) is 0 Å². The third kappa shape index (κ3) is 4.46. The summed E-state index contributed by atoms with van der Waals surface area (Å²) in [6, 6.07) is 8.15. The first-order valence-corrected chi connectivity index (χ1v) is 6.80. The molecule has 1 aromatic heterocycles. The number of aromatic nitrogens is 2. The number of aromatic amines is 1. The molecule has 106 valence electrons. The lowest BCUT2D eigenvalue weighted by molar-refractivity contribution is 0.414. The fourth-order valence-corrected chi connectivity index (χ4v) is 2.01. The van der Waals surface area contributed by atoms with Gasteiger partial charge in [-0.05, 0) is 37.0 Å². The summed E-state index contributed by atoms with van der Waals surface area (Å²) in [5, 5.41) is 3.36. The summed E-state index contributed by atoms with van der Waals surface area (Å²) in [5.41, 5.74) is 3.46. The van der Waals surface area contributed by atoms with E-state index in [1.807, 2.05) is 18.3 Å². The van der Waals surface area contributed by atoms with E-state index in [0.29, 0.717) is 0 Å². The highest BCUT2D eigenvalue weighted by molar-refractivity contribution is 5.28. The van der Waals surface area contributed by atoms with Crippen molar-refractivity contribution in [2.24, 2.45) is 0 Å². The van der Waals surface area contributed by atoms with Gasteiger partial charge in [0.05, 0.1) is 13.4 Å². The first-order chi connectivity index (χ1) is 9.78. The van der Waals surface area contributed by atoms with Crippen LogP contribution in [0.5, 0.6) is 5.75 Å². The Morgan fingerprint density at radius 1 is 1.40 bits per heavy atom. The normalized spacial score (nSPS) is 10.2. The van der Waals surface area contributed by atoms with Crippen LogP contribution in [-0.4, -0.2) is 23.6 Å². The van der Waals surface area contributed by atoms with Gasteiger partial charge in [-0.1, -0.05) is 18.7 Å². The minimum atomic E-state index is 0.884. The lowest BCUT2D eigenvalue weighted by Crippen LogP contribution is -2.16. The van der Waals surface area contributed by atoms with Gasteiger partial charge in [-0.25, -0.2) is 4.98 Å². The number of ether oxygens (including phenoxy) is 1. The number of allylic oxidation sites excluding steroid dienone is 1. The molecular weight excluding hydrogens is 250 g/mol. The molecule has 2 rings (SSSR count). The lowest BCUT2D eigenvalue weighted by Gasteiger charge is -2.09. The number of rotatable bonds is 8. The lowest BCUT2D eigenvalue weighted by atomic mass is 10.1. The smallest absolute Gasteiger partial charge is 0.119 e. The quantitative estimate of drug-likeness (QED) is 0.776. The van der Waals surface area contributed by atoms with E-state index in [-0.39, 0.29) is 0 Å². The van der Waals surface area contributed by atoms with Crippen molar-refractivity contribution in [1.82, 2.24) is 15.3 Å². The minimum Gasteiger partial charge on any atom is -0.497 e. The number of H-pyrrole nitrogens is 1. The fraction of sp³-hybridized carbons (Fsp3) is 0.312. The third-order valence-corrected chi connectivity index (χ3v) is 3.17. The van der Waals surface area contributed by atoms with Crippen LogP contribution in [0.3, 0.4) is 0 Å². The van der Waals surface area contributed by atoms with Crippen LogP contribution in [0.4, 0.5) is 0 Å². The Bertz CT molecular complexity index is 534. The van der Waals surface area contributed by atoms with Gasteiger partial charge in [-0.2, -0.15) is 0 Å². The van der Waals surface area contributed by atoms with Crippen molar-refractivity contribution in [3.63, 3.8) is 0 Å². The molecule has 20 heavy (non-hydrogen) atoms. The van der Waals surface area contributed by atoms with E-state index in [9.17, 15) is 0 Å². The van der Waals surface area contributed by atoms with E-state index in [4.69, 9.17) is 4.74 Å². The van der Waals surface area contributed by atoms with Gasteiger partial charge in [0, 0.05) is 24.1 Å². The van der Waals surface area contributed by atoms with Crippen LogP contribution in [-0.2, 0) is 12.8 Å². The average Bonchev–Trinajstić information content (AvgIpc) is 2.99. The second kappa shape index (κ2) is 7.38. The molecule has 1 heterocycles. The van der Waals surface area contributed by atoms with Gasteiger partial charge in [-0.15, -0.1) is 0 Å².